The molecule has 0 saturated heterocycles. The SMILES string of the molecule is O=C([O-])CNC(=O)c1c(O)c2cccc3c2n(c1=O)C(c1cncs1)CO3. The maximum atomic E-state index is 13.1. The molecule has 2 N–H and O–H groups in total. The van der Waals surface area contributed by atoms with Crippen molar-refractivity contribution < 1.29 is 24.5 Å². The lowest BCUT2D eigenvalue weighted by Crippen LogP contribution is -2.41. The van der Waals surface area contributed by atoms with Gasteiger partial charge in [-0.2, -0.15) is 0 Å². The summed E-state index contributed by atoms with van der Waals surface area (Å²) in [6.07, 6.45) is 1.60. The number of para-hydroxylation sites is 1. The van der Waals surface area contributed by atoms with Gasteiger partial charge >= 0.3 is 0 Å². The second-order valence-electron chi connectivity index (χ2n) is 5.84. The molecule has 3 heterocycles. The van der Waals surface area contributed by atoms with E-state index in [2.05, 4.69) is 10.3 Å². The van der Waals surface area contributed by atoms with Crippen LogP contribution in [0.4, 0.5) is 0 Å². The first kappa shape index (κ1) is 17.0. The third-order valence-corrected chi connectivity index (χ3v) is 5.15. The molecule has 0 saturated carbocycles. The Balaban J connectivity index is 1.99. The van der Waals surface area contributed by atoms with Gasteiger partial charge in [-0.1, -0.05) is 6.07 Å². The van der Waals surface area contributed by atoms with Crippen LogP contribution >= 0.6 is 11.3 Å². The molecule has 4 rings (SSSR count). The standard InChI is InChI=1S/C17H13N3O6S/c21-12(22)5-19-16(24)13-15(23)8-2-1-3-10-14(8)20(17(13)25)9(6-26-10)11-4-18-7-27-11/h1-4,7,9,23H,5-6H2,(H,19,24)(H,21,22)/p-1. The molecule has 10 heteroatoms. The maximum absolute atomic E-state index is 13.1. The van der Waals surface area contributed by atoms with Crippen LogP contribution in [-0.2, 0) is 4.79 Å². The van der Waals surface area contributed by atoms with Crippen molar-refractivity contribution in [3.05, 3.63) is 50.7 Å². The Labute approximate surface area is 155 Å². The number of benzene rings is 1. The van der Waals surface area contributed by atoms with Crippen molar-refractivity contribution in [3.63, 3.8) is 0 Å². The fourth-order valence-electron chi connectivity index (χ4n) is 3.12. The molecule has 1 aliphatic rings. The van der Waals surface area contributed by atoms with E-state index < -0.39 is 41.3 Å². The molecule has 0 fully saturated rings. The van der Waals surface area contributed by atoms with E-state index in [1.54, 1.807) is 29.9 Å². The van der Waals surface area contributed by atoms with E-state index in [1.165, 1.54) is 15.9 Å². The molecule has 1 unspecified atom stereocenters. The number of nitrogens with zero attached hydrogens (tertiary/aromatic N) is 2. The van der Waals surface area contributed by atoms with E-state index in [1.807, 2.05) is 0 Å². The first-order valence-electron chi connectivity index (χ1n) is 7.88. The highest BCUT2D eigenvalue weighted by atomic mass is 32.1. The average Bonchev–Trinajstić information content (AvgIpc) is 3.18. The second kappa shape index (κ2) is 6.40. The van der Waals surface area contributed by atoms with Gasteiger partial charge in [-0.15, -0.1) is 11.3 Å². The summed E-state index contributed by atoms with van der Waals surface area (Å²) in [7, 11) is 0. The van der Waals surface area contributed by atoms with Gasteiger partial charge in [0, 0.05) is 11.6 Å². The average molecular weight is 386 g/mol. The minimum absolute atomic E-state index is 0.152. The Morgan fingerprint density at radius 2 is 2.26 bits per heavy atom. The second-order valence-corrected chi connectivity index (χ2v) is 6.75. The van der Waals surface area contributed by atoms with Gasteiger partial charge in [0.25, 0.3) is 11.5 Å². The molecule has 3 aromatic rings. The van der Waals surface area contributed by atoms with E-state index in [0.29, 0.717) is 11.3 Å². The molecule has 1 amide bonds. The molecule has 0 bridgehead atoms. The van der Waals surface area contributed by atoms with Gasteiger partial charge in [-0.25, -0.2) is 0 Å². The van der Waals surface area contributed by atoms with Crippen molar-refractivity contribution in [1.82, 2.24) is 14.9 Å². The van der Waals surface area contributed by atoms with Crippen molar-refractivity contribution in [2.75, 3.05) is 13.2 Å². The number of aromatic nitrogens is 2. The van der Waals surface area contributed by atoms with Gasteiger partial charge in [0.05, 0.1) is 28.4 Å². The Bertz CT molecular complexity index is 1120. The predicted molar refractivity (Wildman–Crippen MR) is 93.0 cm³/mol. The summed E-state index contributed by atoms with van der Waals surface area (Å²) in [6.45, 7) is -0.629. The molecule has 27 heavy (non-hydrogen) atoms. The smallest absolute Gasteiger partial charge is 0.268 e. The molecule has 0 radical (unpaired) electrons. The van der Waals surface area contributed by atoms with E-state index in [0.717, 1.165) is 4.88 Å². The third kappa shape index (κ3) is 2.70. The number of nitrogens with one attached hydrogen (secondary N) is 1. The number of amides is 1. The summed E-state index contributed by atoms with van der Waals surface area (Å²) < 4.78 is 7.13. The number of hydrogen-bond acceptors (Lipinski definition) is 8. The first-order chi connectivity index (χ1) is 13.0. The first-order valence-corrected chi connectivity index (χ1v) is 8.76. The Kier molecular flexibility index (Phi) is 4.04. The topological polar surface area (TPSA) is 134 Å². The summed E-state index contributed by atoms with van der Waals surface area (Å²) in [5.74, 6) is -2.63. The van der Waals surface area contributed by atoms with Gasteiger partial charge in [-0.3, -0.25) is 19.1 Å². The largest absolute Gasteiger partial charge is 0.548 e. The number of aliphatic carboxylic acids is 1. The van der Waals surface area contributed by atoms with Crippen molar-refractivity contribution in [3.8, 4) is 11.5 Å². The van der Waals surface area contributed by atoms with Crippen LogP contribution in [-0.4, -0.2) is 39.7 Å². The highest BCUT2D eigenvalue weighted by Crippen LogP contribution is 2.38. The number of carboxylic acids is 1. The summed E-state index contributed by atoms with van der Waals surface area (Å²) >= 11 is 1.33. The molecule has 1 aliphatic heterocycles. The summed E-state index contributed by atoms with van der Waals surface area (Å²) in [5, 5.41) is 23.5. The number of carboxylic acid groups (broad SMARTS) is 1. The predicted octanol–water partition coefficient (Wildman–Crippen LogP) is -0.375. The lowest BCUT2D eigenvalue weighted by Gasteiger charge is -2.28. The van der Waals surface area contributed by atoms with Gasteiger partial charge in [0.15, 0.2) is 0 Å². The van der Waals surface area contributed by atoms with Crippen molar-refractivity contribution >= 4 is 34.1 Å². The van der Waals surface area contributed by atoms with Crippen molar-refractivity contribution in [2.24, 2.45) is 0 Å². The molecule has 2 aromatic heterocycles. The van der Waals surface area contributed by atoms with Crippen LogP contribution in [0.2, 0.25) is 0 Å². The van der Waals surface area contributed by atoms with Gasteiger partial charge in [0.2, 0.25) is 0 Å². The van der Waals surface area contributed by atoms with Gasteiger partial charge in [0.1, 0.15) is 29.7 Å². The molecule has 1 atom stereocenters. The van der Waals surface area contributed by atoms with Crippen LogP contribution in [0.25, 0.3) is 10.9 Å². The van der Waals surface area contributed by atoms with E-state index >= 15 is 0 Å². The van der Waals surface area contributed by atoms with Crippen LogP contribution in [0.5, 0.6) is 11.5 Å². The normalized spacial score (nSPS) is 15.3. The van der Waals surface area contributed by atoms with E-state index in [4.69, 9.17) is 4.74 Å². The fourth-order valence-corrected chi connectivity index (χ4v) is 3.82. The lowest BCUT2D eigenvalue weighted by molar-refractivity contribution is -0.303. The zero-order valence-electron chi connectivity index (χ0n) is 13.7. The minimum Gasteiger partial charge on any atom is -0.548 e. The molecular formula is C17H12N3O6S-. The number of rotatable bonds is 4. The molecule has 138 valence electrons. The number of hydrogen-bond donors (Lipinski definition) is 2. The monoisotopic (exact) mass is 386 g/mol. The number of ether oxygens (including phenoxy) is 1. The molecule has 9 nitrogen and oxygen atoms in total. The van der Waals surface area contributed by atoms with Crippen LogP contribution in [0.3, 0.4) is 0 Å². The maximum Gasteiger partial charge on any atom is 0.268 e. The highest BCUT2D eigenvalue weighted by Gasteiger charge is 2.31. The van der Waals surface area contributed by atoms with E-state index in [-0.39, 0.29) is 12.0 Å². The van der Waals surface area contributed by atoms with Gasteiger partial charge < -0.3 is 25.1 Å². The van der Waals surface area contributed by atoms with Crippen LogP contribution in [0, 0.1) is 0 Å². The number of carbonyl (C=O) groups is 2. The number of carbonyl (C=O) groups excluding carboxylic acids is 2. The summed E-state index contributed by atoms with van der Waals surface area (Å²) in [4.78, 5) is 40.9. The van der Waals surface area contributed by atoms with Crippen LogP contribution in [0.1, 0.15) is 21.3 Å². The quantitative estimate of drug-likeness (QED) is 0.624. The molecule has 0 aliphatic carbocycles. The Hall–Kier alpha value is -3.40. The molecule has 0 spiro atoms. The number of thiazole rings is 1. The zero-order chi connectivity index (χ0) is 19.1. The van der Waals surface area contributed by atoms with Crippen LogP contribution in [0.15, 0.2) is 34.7 Å². The summed E-state index contributed by atoms with van der Waals surface area (Å²) in [5.41, 5.74) is 0.704. The summed E-state index contributed by atoms with van der Waals surface area (Å²) in [6, 6.07) is 4.31. The molecular weight excluding hydrogens is 374 g/mol. The highest BCUT2D eigenvalue weighted by molar-refractivity contribution is 7.09. The zero-order valence-corrected chi connectivity index (χ0v) is 14.5. The van der Waals surface area contributed by atoms with Crippen LogP contribution < -0.4 is 20.7 Å². The lowest BCUT2D eigenvalue weighted by atomic mass is 10.1. The van der Waals surface area contributed by atoms with E-state index in [9.17, 15) is 24.6 Å². The number of pyridine rings is 1. The Morgan fingerprint density at radius 1 is 1.44 bits per heavy atom. The number of aromatic hydroxyl groups is 1. The Morgan fingerprint density at radius 3 is 2.96 bits per heavy atom. The van der Waals surface area contributed by atoms with Crippen molar-refractivity contribution in [2.45, 2.75) is 6.04 Å². The molecule has 1 aromatic carbocycles. The minimum atomic E-state index is -1.51. The third-order valence-electron chi connectivity index (χ3n) is 4.27. The van der Waals surface area contributed by atoms with Crippen molar-refractivity contribution in [1.29, 1.82) is 0 Å². The van der Waals surface area contributed by atoms with Gasteiger partial charge in [-0.05, 0) is 12.1 Å². The fraction of sp³-hybridized carbons (Fsp3) is 0.176.